The molecule has 20 heavy (non-hydrogen) atoms. The lowest BCUT2D eigenvalue weighted by Gasteiger charge is -2.16. The second kappa shape index (κ2) is 7.41. The number of hydrogen-bond acceptors (Lipinski definition) is 3. The minimum atomic E-state index is -0.329. The maximum Gasteiger partial charge on any atom is 0.178 e. The molecule has 1 aromatic rings. The molecule has 0 radical (unpaired) electrons. The third kappa shape index (κ3) is 4.32. The van der Waals surface area contributed by atoms with Gasteiger partial charge in [-0.15, -0.1) is 6.58 Å². The van der Waals surface area contributed by atoms with E-state index in [0.717, 1.165) is 30.0 Å². The third-order valence-corrected chi connectivity index (χ3v) is 3.53. The Bertz CT molecular complexity index is 475. The van der Waals surface area contributed by atoms with Crippen molar-refractivity contribution in [3.05, 3.63) is 35.7 Å². The molecule has 0 amide bonds. The van der Waals surface area contributed by atoms with Crippen molar-refractivity contribution in [1.29, 1.82) is 0 Å². The van der Waals surface area contributed by atoms with Crippen LogP contribution in [0.4, 0.5) is 0 Å². The van der Waals surface area contributed by atoms with E-state index in [1.807, 2.05) is 37.9 Å². The summed E-state index contributed by atoms with van der Waals surface area (Å²) >= 11 is 0. The van der Waals surface area contributed by atoms with Crippen molar-refractivity contribution in [3.63, 3.8) is 0 Å². The number of ketones is 1. The Morgan fingerprint density at radius 1 is 1.55 bits per heavy atom. The smallest absolute Gasteiger partial charge is 0.178 e. The molecule has 1 N–H and O–H groups in total. The van der Waals surface area contributed by atoms with E-state index in [1.54, 1.807) is 6.92 Å². The number of nitrogens with zero attached hydrogens (tertiary/aromatic N) is 2. The predicted molar refractivity (Wildman–Crippen MR) is 82.2 cm³/mol. The Kier molecular flexibility index (Phi) is 6.17. The summed E-state index contributed by atoms with van der Waals surface area (Å²) in [4.78, 5) is 14.3. The predicted octanol–water partition coefficient (Wildman–Crippen LogP) is 2.18. The first-order chi connectivity index (χ1) is 9.36. The summed E-state index contributed by atoms with van der Waals surface area (Å²) in [5.41, 5.74) is 2.86. The highest BCUT2D eigenvalue weighted by molar-refractivity contribution is 5.99. The fraction of sp³-hybridized carbons (Fsp3) is 0.562. The lowest BCUT2D eigenvalue weighted by Crippen LogP contribution is -2.28. The SMILES string of the molecule is C=CCn1c(C)cc(C(=O)CN(C)CCC(C)O)c1C. The normalized spacial score (nSPS) is 12.7. The lowest BCUT2D eigenvalue weighted by molar-refractivity contribution is 0.0931. The van der Waals surface area contributed by atoms with Crippen molar-refractivity contribution in [1.82, 2.24) is 9.47 Å². The molecule has 0 aromatic carbocycles. The van der Waals surface area contributed by atoms with Crippen molar-refractivity contribution in [3.8, 4) is 0 Å². The number of aromatic nitrogens is 1. The van der Waals surface area contributed by atoms with Gasteiger partial charge in [0.25, 0.3) is 0 Å². The zero-order chi connectivity index (χ0) is 15.3. The van der Waals surface area contributed by atoms with Gasteiger partial charge in [-0.25, -0.2) is 0 Å². The van der Waals surface area contributed by atoms with Gasteiger partial charge in [0.05, 0.1) is 12.6 Å². The minimum absolute atomic E-state index is 0.126. The van der Waals surface area contributed by atoms with Crippen LogP contribution in [0.2, 0.25) is 0 Å². The fourth-order valence-corrected chi connectivity index (χ4v) is 2.31. The van der Waals surface area contributed by atoms with Crippen LogP contribution in [0.3, 0.4) is 0 Å². The second-order valence-electron chi connectivity index (χ2n) is 5.48. The van der Waals surface area contributed by atoms with Gasteiger partial charge in [-0.2, -0.15) is 0 Å². The Balaban J connectivity index is 2.73. The molecule has 1 rings (SSSR count). The van der Waals surface area contributed by atoms with Crippen LogP contribution in [0.25, 0.3) is 0 Å². The van der Waals surface area contributed by atoms with E-state index < -0.39 is 0 Å². The van der Waals surface area contributed by atoms with Gasteiger partial charge >= 0.3 is 0 Å². The van der Waals surface area contributed by atoms with Crippen LogP contribution in [-0.2, 0) is 6.54 Å². The molecule has 1 unspecified atom stereocenters. The maximum absolute atomic E-state index is 12.3. The Morgan fingerprint density at radius 2 is 2.20 bits per heavy atom. The first-order valence-corrected chi connectivity index (χ1v) is 7.04. The monoisotopic (exact) mass is 278 g/mol. The van der Waals surface area contributed by atoms with E-state index in [0.29, 0.717) is 13.0 Å². The minimum Gasteiger partial charge on any atom is -0.393 e. The van der Waals surface area contributed by atoms with Crippen molar-refractivity contribution in [2.75, 3.05) is 20.1 Å². The van der Waals surface area contributed by atoms with Crippen LogP contribution in [0.1, 0.15) is 35.1 Å². The zero-order valence-electron chi connectivity index (χ0n) is 13.0. The summed E-state index contributed by atoms with van der Waals surface area (Å²) in [6.07, 6.45) is 2.19. The number of hydrogen-bond donors (Lipinski definition) is 1. The number of likely N-dealkylation sites (N-methyl/N-ethyl adjacent to an activating group) is 1. The average molecular weight is 278 g/mol. The number of carbonyl (C=O) groups is 1. The molecular weight excluding hydrogens is 252 g/mol. The number of Topliss-reactive ketones (excluding diaryl/α,β-unsaturated/α-hetero) is 1. The highest BCUT2D eigenvalue weighted by Gasteiger charge is 2.16. The molecular formula is C16H26N2O2. The second-order valence-corrected chi connectivity index (χ2v) is 5.48. The standard InChI is InChI=1S/C16H26N2O2/c1-6-8-18-12(2)10-15(14(18)4)16(20)11-17(5)9-7-13(3)19/h6,10,13,19H,1,7-9,11H2,2-5H3. The quantitative estimate of drug-likeness (QED) is 0.585. The number of allylic oxidation sites excluding steroid dienone is 1. The van der Waals surface area contributed by atoms with E-state index in [9.17, 15) is 9.90 Å². The van der Waals surface area contributed by atoms with Crippen LogP contribution in [0.5, 0.6) is 0 Å². The fourth-order valence-electron chi connectivity index (χ4n) is 2.31. The topological polar surface area (TPSA) is 45.5 Å². The number of rotatable bonds is 8. The van der Waals surface area contributed by atoms with Crippen LogP contribution in [0.15, 0.2) is 18.7 Å². The molecule has 4 nitrogen and oxygen atoms in total. The molecule has 0 aliphatic heterocycles. The van der Waals surface area contributed by atoms with Gasteiger partial charge in [-0.05, 0) is 40.3 Å². The summed E-state index contributed by atoms with van der Waals surface area (Å²) < 4.78 is 2.09. The molecule has 0 aliphatic rings. The molecule has 1 aromatic heterocycles. The average Bonchev–Trinajstić information content (AvgIpc) is 2.65. The summed E-state index contributed by atoms with van der Waals surface area (Å²) in [6, 6.07) is 1.95. The highest BCUT2D eigenvalue weighted by Crippen LogP contribution is 2.16. The molecule has 0 fully saturated rings. The molecule has 0 saturated heterocycles. The zero-order valence-corrected chi connectivity index (χ0v) is 13.0. The van der Waals surface area contributed by atoms with E-state index in [4.69, 9.17) is 0 Å². The van der Waals surface area contributed by atoms with Gasteiger partial charge in [0.15, 0.2) is 5.78 Å². The number of aliphatic hydroxyl groups is 1. The highest BCUT2D eigenvalue weighted by atomic mass is 16.3. The van der Waals surface area contributed by atoms with Crippen LogP contribution in [0, 0.1) is 13.8 Å². The van der Waals surface area contributed by atoms with Gasteiger partial charge in [-0.3, -0.25) is 9.69 Å². The van der Waals surface area contributed by atoms with E-state index in [-0.39, 0.29) is 11.9 Å². The Labute approximate surface area is 121 Å². The summed E-state index contributed by atoms with van der Waals surface area (Å²) in [5, 5.41) is 9.27. The summed E-state index contributed by atoms with van der Waals surface area (Å²) in [7, 11) is 1.91. The third-order valence-electron chi connectivity index (χ3n) is 3.53. The van der Waals surface area contributed by atoms with Crippen molar-refractivity contribution >= 4 is 5.78 Å². The molecule has 112 valence electrons. The summed E-state index contributed by atoms with van der Waals surface area (Å²) in [6.45, 7) is 11.3. The lowest BCUT2D eigenvalue weighted by atomic mass is 10.1. The van der Waals surface area contributed by atoms with E-state index in [1.165, 1.54) is 0 Å². The van der Waals surface area contributed by atoms with Gasteiger partial charge in [0.2, 0.25) is 0 Å². The first-order valence-electron chi connectivity index (χ1n) is 7.04. The maximum atomic E-state index is 12.3. The number of aliphatic hydroxyl groups excluding tert-OH is 1. The van der Waals surface area contributed by atoms with Crippen molar-refractivity contribution < 1.29 is 9.90 Å². The van der Waals surface area contributed by atoms with Gasteiger partial charge in [0.1, 0.15) is 0 Å². The van der Waals surface area contributed by atoms with E-state index in [2.05, 4.69) is 11.1 Å². The Hall–Kier alpha value is -1.39. The van der Waals surface area contributed by atoms with E-state index >= 15 is 0 Å². The van der Waals surface area contributed by atoms with Crippen LogP contribution in [-0.4, -0.2) is 46.6 Å². The first kappa shape index (κ1) is 16.7. The van der Waals surface area contributed by atoms with Crippen molar-refractivity contribution in [2.45, 2.75) is 39.8 Å². The van der Waals surface area contributed by atoms with Crippen LogP contribution < -0.4 is 0 Å². The molecule has 1 atom stereocenters. The van der Waals surface area contributed by atoms with Crippen LogP contribution >= 0.6 is 0 Å². The molecule has 0 spiro atoms. The molecule has 0 saturated carbocycles. The molecule has 4 heteroatoms. The molecule has 0 aliphatic carbocycles. The number of carbonyl (C=O) groups excluding carboxylic acids is 1. The Morgan fingerprint density at radius 3 is 2.75 bits per heavy atom. The largest absolute Gasteiger partial charge is 0.393 e. The van der Waals surface area contributed by atoms with Gasteiger partial charge in [0, 0.05) is 30.0 Å². The van der Waals surface area contributed by atoms with Gasteiger partial charge in [-0.1, -0.05) is 6.08 Å². The molecule has 1 heterocycles. The summed E-state index contributed by atoms with van der Waals surface area (Å²) in [5.74, 6) is 0.126. The van der Waals surface area contributed by atoms with Crippen molar-refractivity contribution in [2.24, 2.45) is 0 Å². The molecule has 0 bridgehead atoms. The number of aryl methyl sites for hydroxylation is 1. The van der Waals surface area contributed by atoms with Gasteiger partial charge < -0.3 is 9.67 Å².